The van der Waals surface area contributed by atoms with E-state index in [1.54, 1.807) is 6.20 Å². The van der Waals surface area contributed by atoms with Gasteiger partial charge in [0.15, 0.2) is 0 Å². The number of fused-ring (bicyclic) bond motifs is 1. The average molecular weight is 191 g/mol. The van der Waals surface area contributed by atoms with Gasteiger partial charge in [0.25, 0.3) is 0 Å². The molecule has 0 spiro atoms. The summed E-state index contributed by atoms with van der Waals surface area (Å²) in [5.41, 5.74) is 7.29. The van der Waals surface area contributed by atoms with Crippen LogP contribution in [-0.4, -0.2) is 11.0 Å². The third kappa shape index (κ3) is 1.69. The molecule has 74 valence electrons. The zero-order valence-corrected chi connectivity index (χ0v) is 7.86. The van der Waals surface area contributed by atoms with Crippen LogP contribution in [0.15, 0.2) is 18.3 Å². The summed E-state index contributed by atoms with van der Waals surface area (Å²) in [7, 11) is 0. The van der Waals surface area contributed by atoms with E-state index in [1.165, 1.54) is 5.56 Å². The van der Waals surface area contributed by atoms with Crippen LogP contribution in [0.5, 0.6) is 0 Å². The van der Waals surface area contributed by atoms with Crippen LogP contribution >= 0.6 is 0 Å². The van der Waals surface area contributed by atoms with Crippen molar-refractivity contribution in [2.24, 2.45) is 5.73 Å². The van der Waals surface area contributed by atoms with Crippen LogP contribution in [0.4, 0.5) is 4.79 Å². The zero-order chi connectivity index (χ0) is 9.97. The van der Waals surface area contributed by atoms with Gasteiger partial charge in [0.05, 0.1) is 11.7 Å². The molecule has 1 aromatic rings. The normalized spacial score (nSPS) is 19.9. The maximum atomic E-state index is 10.8. The Bertz CT molecular complexity index is 351. The summed E-state index contributed by atoms with van der Waals surface area (Å²) in [6, 6.07) is 3.49. The molecule has 0 aliphatic heterocycles. The minimum atomic E-state index is -0.478. The second-order valence-corrected chi connectivity index (χ2v) is 3.50. The molecule has 0 saturated heterocycles. The Labute approximate surface area is 82.5 Å². The highest BCUT2D eigenvalue weighted by molar-refractivity contribution is 5.72. The van der Waals surface area contributed by atoms with Crippen molar-refractivity contribution < 1.29 is 4.79 Å². The third-order valence-corrected chi connectivity index (χ3v) is 2.51. The molecule has 3 N–H and O–H groups in total. The Morgan fingerprint density at radius 1 is 1.64 bits per heavy atom. The minimum Gasteiger partial charge on any atom is -0.352 e. The Morgan fingerprint density at radius 2 is 2.50 bits per heavy atom. The summed E-state index contributed by atoms with van der Waals surface area (Å²) in [5, 5.41) is 2.71. The maximum absolute atomic E-state index is 10.8. The van der Waals surface area contributed by atoms with Crippen molar-refractivity contribution in [2.75, 3.05) is 0 Å². The largest absolute Gasteiger partial charge is 0.352 e. The summed E-state index contributed by atoms with van der Waals surface area (Å²) in [6.45, 7) is 0. The first-order valence-electron chi connectivity index (χ1n) is 4.77. The zero-order valence-electron chi connectivity index (χ0n) is 7.86. The van der Waals surface area contributed by atoms with Crippen LogP contribution in [0, 0.1) is 0 Å². The Kier molecular flexibility index (Phi) is 2.35. The number of nitrogens with two attached hydrogens (primary N) is 1. The van der Waals surface area contributed by atoms with Crippen molar-refractivity contribution in [3.63, 3.8) is 0 Å². The molecule has 2 rings (SSSR count). The number of amides is 2. The number of carbonyl (C=O) groups excluding carboxylic acids is 1. The van der Waals surface area contributed by atoms with Crippen LogP contribution in [-0.2, 0) is 6.42 Å². The molecule has 0 bridgehead atoms. The van der Waals surface area contributed by atoms with Gasteiger partial charge >= 0.3 is 6.03 Å². The Hall–Kier alpha value is -1.58. The van der Waals surface area contributed by atoms with Gasteiger partial charge in [-0.3, -0.25) is 4.98 Å². The van der Waals surface area contributed by atoms with E-state index in [2.05, 4.69) is 16.4 Å². The number of urea groups is 1. The number of carbonyl (C=O) groups is 1. The molecule has 14 heavy (non-hydrogen) atoms. The molecule has 1 atom stereocenters. The first kappa shape index (κ1) is 8.99. The number of hydrogen-bond donors (Lipinski definition) is 2. The van der Waals surface area contributed by atoms with Crippen molar-refractivity contribution >= 4 is 6.03 Å². The number of pyridine rings is 1. The van der Waals surface area contributed by atoms with Gasteiger partial charge in [-0.1, -0.05) is 6.07 Å². The monoisotopic (exact) mass is 191 g/mol. The number of aryl methyl sites for hydroxylation is 1. The van der Waals surface area contributed by atoms with Gasteiger partial charge in [0.2, 0.25) is 0 Å². The van der Waals surface area contributed by atoms with E-state index in [9.17, 15) is 4.79 Å². The fraction of sp³-hybridized carbons (Fsp3) is 0.400. The third-order valence-electron chi connectivity index (χ3n) is 2.51. The van der Waals surface area contributed by atoms with E-state index in [1.807, 2.05) is 6.07 Å². The minimum absolute atomic E-state index is 0.00236. The number of nitrogens with zero attached hydrogens (tertiary/aromatic N) is 1. The molecule has 0 fully saturated rings. The SMILES string of the molecule is NC(=O)NC1CCCc2cccnc21. The smallest absolute Gasteiger partial charge is 0.312 e. The van der Waals surface area contributed by atoms with Crippen molar-refractivity contribution in [2.45, 2.75) is 25.3 Å². The van der Waals surface area contributed by atoms with E-state index >= 15 is 0 Å². The fourth-order valence-corrected chi connectivity index (χ4v) is 1.92. The lowest BCUT2D eigenvalue weighted by Gasteiger charge is -2.24. The van der Waals surface area contributed by atoms with Gasteiger partial charge < -0.3 is 11.1 Å². The van der Waals surface area contributed by atoms with E-state index < -0.39 is 6.03 Å². The molecule has 2 amide bonds. The van der Waals surface area contributed by atoms with Crippen LogP contribution < -0.4 is 11.1 Å². The lowest BCUT2D eigenvalue weighted by Crippen LogP contribution is -2.35. The first-order valence-corrected chi connectivity index (χ1v) is 4.77. The van der Waals surface area contributed by atoms with Crippen molar-refractivity contribution in [1.82, 2.24) is 10.3 Å². The van der Waals surface area contributed by atoms with Crippen molar-refractivity contribution in [3.8, 4) is 0 Å². The predicted molar refractivity (Wildman–Crippen MR) is 52.6 cm³/mol. The predicted octanol–water partition coefficient (Wildman–Crippen LogP) is 1.13. The number of hydrogen-bond acceptors (Lipinski definition) is 2. The van der Waals surface area contributed by atoms with Gasteiger partial charge in [0, 0.05) is 6.20 Å². The van der Waals surface area contributed by atoms with E-state index in [-0.39, 0.29) is 6.04 Å². The van der Waals surface area contributed by atoms with Gasteiger partial charge in [-0.25, -0.2) is 4.79 Å². The molecule has 4 heteroatoms. The molecular weight excluding hydrogens is 178 g/mol. The molecule has 4 nitrogen and oxygen atoms in total. The fourth-order valence-electron chi connectivity index (χ4n) is 1.92. The molecule has 1 aliphatic carbocycles. The number of primary amides is 1. The van der Waals surface area contributed by atoms with Crippen LogP contribution in [0.2, 0.25) is 0 Å². The molecular formula is C10H13N3O. The highest BCUT2D eigenvalue weighted by atomic mass is 16.2. The summed E-state index contributed by atoms with van der Waals surface area (Å²) >= 11 is 0. The summed E-state index contributed by atoms with van der Waals surface area (Å²) in [4.78, 5) is 15.0. The molecule has 0 aromatic carbocycles. The topological polar surface area (TPSA) is 68.0 Å². The van der Waals surface area contributed by atoms with E-state index in [0.29, 0.717) is 0 Å². The lowest BCUT2D eigenvalue weighted by molar-refractivity contribution is 0.243. The molecule has 1 aliphatic rings. The second kappa shape index (κ2) is 3.65. The maximum Gasteiger partial charge on any atom is 0.312 e. The van der Waals surface area contributed by atoms with Gasteiger partial charge in [-0.2, -0.15) is 0 Å². The lowest BCUT2D eigenvalue weighted by atomic mass is 9.92. The molecule has 1 aromatic heterocycles. The quantitative estimate of drug-likeness (QED) is 0.698. The number of rotatable bonds is 1. The number of nitrogens with one attached hydrogen (secondary N) is 1. The second-order valence-electron chi connectivity index (χ2n) is 3.50. The summed E-state index contributed by atoms with van der Waals surface area (Å²) in [5.74, 6) is 0. The molecule has 1 heterocycles. The van der Waals surface area contributed by atoms with E-state index in [0.717, 1.165) is 25.0 Å². The van der Waals surface area contributed by atoms with Crippen LogP contribution in [0.1, 0.15) is 30.1 Å². The Balaban J connectivity index is 2.26. The molecule has 1 unspecified atom stereocenters. The van der Waals surface area contributed by atoms with Gasteiger partial charge in [-0.15, -0.1) is 0 Å². The van der Waals surface area contributed by atoms with Crippen molar-refractivity contribution in [1.29, 1.82) is 0 Å². The molecule has 0 saturated carbocycles. The Morgan fingerprint density at radius 3 is 3.29 bits per heavy atom. The van der Waals surface area contributed by atoms with Gasteiger partial charge in [0.1, 0.15) is 0 Å². The van der Waals surface area contributed by atoms with Crippen LogP contribution in [0.25, 0.3) is 0 Å². The van der Waals surface area contributed by atoms with Crippen molar-refractivity contribution in [3.05, 3.63) is 29.6 Å². The van der Waals surface area contributed by atoms with Gasteiger partial charge in [-0.05, 0) is 30.9 Å². The van der Waals surface area contributed by atoms with E-state index in [4.69, 9.17) is 5.73 Å². The highest BCUT2D eigenvalue weighted by Crippen LogP contribution is 2.27. The molecule has 0 radical (unpaired) electrons. The first-order chi connectivity index (χ1) is 6.77. The highest BCUT2D eigenvalue weighted by Gasteiger charge is 2.21. The standard InChI is InChI=1S/C10H13N3O/c11-10(14)13-8-5-1-3-7-4-2-6-12-9(7)8/h2,4,6,8H,1,3,5H2,(H3,11,13,14). The number of aromatic nitrogens is 1. The van der Waals surface area contributed by atoms with Crippen LogP contribution in [0.3, 0.4) is 0 Å². The summed E-state index contributed by atoms with van der Waals surface area (Å²) < 4.78 is 0. The summed E-state index contributed by atoms with van der Waals surface area (Å²) in [6.07, 6.45) is 4.79. The average Bonchev–Trinajstić information content (AvgIpc) is 2.18.